The maximum absolute atomic E-state index is 11.8. The number of aryl methyl sites for hydroxylation is 1. The lowest BCUT2D eigenvalue weighted by Gasteiger charge is -2.13. The largest absolute Gasteiger partial charge is 0.480 e. The van der Waals surface area contributed by atoms with Crippen molar-refractivity contribution in [3.05, 3.63) is 16.1 Å². The highest BCUT2D eigenvalue weighted by Gasteiger charge is 2.21. The van der Waals surface area contributed by atoms with Crippen LogP contribution in [0.25, 0.3) is 0 Å². The summed E-state index contributed by atoms with van der Waals surface area (Å²) in [7, 11) is 0. The Morgan fingerprint density at radius 2 is 2.35 bits per heavy atom. The number of rotatable bonds is 6. The molecular weight excluding hydrogens is 260 g/mol. The zero-order valence-corrected chi connectivity index (χ0v) is 11.2. The highest BCUT2D eigenvalue weighted by molar-refractivity contribution is 7.98. The number of nitrogens with zero attached hydrogens (tertiary/aromatic N) is 1. The average Bonchev–Trinajstić information content (AvgIpc) is 2.70. The number of aromatic nitrogens is 1. The topological polar surface area (TPSA) is 79.3 Å². The molecule has 0 radical (unpaired) electrons. The first-order chi connectivity index (χ1) is 8.06. The summed E-state index contributed by atoms with van der Waals surface area (Å²) in [4.78, 5) is 27.2. The molecule has 1 heterocycles. The van der Waals surface area contributed by atoms with Gasteiger partial charge in [0.05, 0.1) is 11.2 Å². The van der Waals surface area contributed by atoms with Gasteiger partial charge >= 0.3 is 5.97 Å². The van der Waals surface area contributed by atoms with E-state index in [4.69, 9.17) is 5.11 Å². The molecule has 0 aliphatic heterocycles. The van der Waals surface area contributed by atoms with Crippen molar-refractivity contribution >= 4 is 35.0 Å². The number of carboxylic acids is 1. The molecule has 0 saturated heterocycles. The molecule has 0 bridgehead atoms. The number of nitrogens with one attached hydrogen (secondary N) is 1. The number of aliphatic carboxylic acids is 1. The Bertz CT molecular complexity index is 406. The van der Waals surface area contributed by atoms with Crippen molar-refractivity contribution in [2.75, 3.05) is 12.0 Å². The average molecular weight is 274 g/mol. The monoisotopic (exact) mass is 274 g/mol. The highest BCUT2D eigenvalue weighted by atomic mass is 32.2. The number of carbonyl (C=O) groups excluding carboxylic acids is 1. The third-order valence-electron chi connectivity index (χ3n) is 2.17. The molecule has 17 heavy (non-hydrogen) atoms. The van der Waals surface area contributed by atoms with Gasteiger partial charge in [0.1, 0.15) is 10.9 Å². The van der Waals surface area contributed by atoms with Crippen molar-refractivity contribution in [3.8, 4) is 0 Å². The molecule has 1 rings (SSSR count). The van der Waals surface area contributed by atoms with E-state index in [2.05, 4.69) is 10.3 Å². The number of amides is 1. The summed E-state index contributed by atoms with van der Waals surface area (Å²) in [5.74, 6) is -0.674. The predicted molar refractivity (Wildman–Crippen MR) is 68.7 cm³/mol. The van der Waals surface area contributed by atoms with Crippen molar-refractivity contribution in [1.29, 1.82) is 0 Å². The molecule has 5 nitrogen and oxygen atoms in total. The molecule has 0 saturated carbocycles. The lowest BCUT2D eigenvalue weighted by atomic mass is 10.2. The van der Waals surface area contributed by atoms with Crippen molar-refractivity contribution in [1.82, 2.24) is 10.3 Å². The van der Waals surface area contributed by atoms with Crippen molar-refractivity contribution in [2.24, 2.45) is 0 Å². The lowest BCUT2D eigenvalue weighted by Crippen LogP contribution is -2.41. The molecule has 94 valence electrons. The predicted octanol–water partition coefficient (Wildman–Crippen LogP) is 1.39. The maximum atomic E-state index is 11.8. The van der Waals surface area contributed by atoms with Gasteiger partial charge < -0.3 is 10.4 Å². The van der Waals surface area contributed by atoms with Crippen LogP contribution in [0.3, 0.4) is 0 Å². The molecule has 0 aliphatic carbocycles. The minimum Gasteiger partial charge on any atom is -0.480 e. The van der Waals surface area contributed by atoms with E-state index in [0.717, 1.165) is 0 Å². The van der Waals surface area contributed by atoms with Crippen LogP contribution >= 0.6 is 23.1 Å². The van der Waals surface area contributed by atoms with Crippen LogP contribution in [0, 0.1) is 6.92 Å². The molecule has 0 spiro atoms. The van der Waals surface area contributed by atoms with E-state index in [9.17, 15) is 9.59 Å². The van der Waals surface area contributed by atoms with E-state index >= 15 is 0 Å². The van der Waals surface area contributed by atoms with Gasteiger partial charge in [-0.3, -0.25) is 4.79 Å². The molecule has 0 aromatic carbocycles. The van der Waals surface area contributed by atoms with Gasteiger partial charge in [0, 0.05) is 0 Å². The van der Waals surface area contributed by atoms with Crippen molar-refractivity contribution in [2.45, 2.75) is 19.4 Å². The number of carboxylic acid groups (broad SMARTS) is 1. The van der Waals surface area contributed by atoms with Gasteiger partial charge in [-0.1, -0.05) is 0 Å². The van der Waals surface area contributed by atoms with Gasteiger partial charge in [-0.05, 0) is 25.4 Å². The van der Waals surface area contributed by atoms with Gasteiger partial charge in [-0.2, -0.15) is 11.8 Å². The van der Waals surface area contributed by atoms with Crippen molar-refractivity contribution < 1.29 is 14.7 Å². The van der Waals surface area contributed by atoms with E-state index in [1.165, 1.54) is 11.3 Å². The summed E-state index contributed by atoms with van der Waals surface area (Å²) in [6.07, 6.45) is 2.31. The molecule has 0 fully saturated rings. The van der Waals surface area contributed by atoms with Crippen LogP contribution in [-0.4, -0.2) is 40.0 Å². The van der Waals surface area contributed by atoms with E-state index in [-0.39, 0.29) is 5.91 Å². The second kappa shape index (κ2) is 6.61. The normalized spacial score (nSPS) is 12.1. The fraction of sp³-hybridized carbons (Fsp3) is 0.500. The number of hydrogen-bond donors (Lipinski definition) is 2. The Balaban J connectivity index is 2.64. The molecule has 2 N–H and O–H groups in total. The number of thiazole rings is 1. The Hall–Kier alpha value is -1.08. The second-order valence-electron chi connectivity index (χ2n) is 3.41. The quantitative estimate of drug-likeness (QED) is 0.819. The van der Waals surface area contributed by atoms with Crippen LogP contribution in [0.2, 0.25) is 0 Å². The first-order valence-corrected chi connectivity index (χ1v) is 7.26. The molecular formula is C10H14N2O3S2. The number of thioether (sulfide) groups is 1. The second-order valence-corrected chi connectivity index (χ2v) is 5.25. The lowest BCUT2D eigenvalue weighted by molar-refractivity contribution is -0.139. The maximum Gasteiger partial charge on any atom is 0.326 e. The molecule has 1 aromatic heterocycles. The summed E-state index contributed by atoms with van der Waals surface area (Å²) in [6, 6.07) is -0.837. The SMILES string of the molecule is CSCC[C@@H](NC(=O)c1scnc1C)C(=O)O. The standard InChI is InChI=1S/C10H14N2O3S2/c1-6-8(17-5-11-6)9(13)12-7(10(14)15)3-4-16-2/h5,7H,3-4H2,1-2H3,(H,12,13)(H,14,15)/t7-/m1/s1. The Kier molecular flexibility index (Phi) is 5.43. The minimum absolute atomic E-state index is 0.362. The van der Waals surface area contributed by atoms with Crippen LogP contribution in [0.4, 0.5) is 0 Å². The Morgan fingerprint density at radius 3 is 2.82 bits per heavy atom. The van der Waals surface area contributed by atoms with Crippen LogP contribution in [0.15, 0.2) is 5.51 Å². The zero-order chi connectivity index (χ0) is 12.8. The highest BCUT2D eigenvalue weighted by Crippen LogP contribution is 2.12. The Labute approximate surface area is 108 Å². The third-order valence-corrected chi connectivity index (χ3v) is 3.74. The summed E-state index contributed by atoms with van der Waals surface area (Å²) in [5.41, 5.74) is 2.20. The molecule has 1 atom stereocenters. The summed E-state index contributed by atoms with van der Waals surface area (Å²) >= 11 is 2.76. The first kappa shape index (κ1) is 14.0. The van der Waals surface area contributed by atoms with Gasteiger partial charge in [0.15, 0.2) is 0 Å². The molecule has 1 amide bonds. The summed E-state index contributed by atoms with van der Waals surface area (Å²) < 4.78 is 0. The zero-order valence-electron chi connectivity index (χ0n) is 9.60. The van der Waals surface area contributed by atoms with Crippen LogP contribution in [0.5, 0.6) is 0 Å². The molecule has 1 aromatic rings. The van der Waals surface area contributed by atoms with E-state index in [1.807, 2.05) is 6.26 Å². The molecule has 7 heteroatoms. The number of carbonyl (C=O) groups is 2. The smallest absolute Gasteiger partial charge is 0.326 e. The third kappa shape index (κ3) is 4.01. The number of hydrogen-bond acceptors (Lipinski definition) is 5. The van der Waals surface area contributed by atoms with Crippen LogP contribution in [0.1, 0.15) is 21.8 Å². The van der Waals surface area contributed by atoms with E-state index < -0.39 is 12.0 Å². The van der Waals surface area contributed by atoms with Gasteiger partial charge in [0.2, 0.25) is 0 Å². The van der Waals surface area contributed by atoms with E-state index in [0.29, 0.717) is 22.7 Å². The van der Waals surface area contributed by atoms with Gasteiger partial charge in [0.25, 0.3) is 5.91 Å². The summed E-state index contributed by atoms with van der Waals surface area (Å²) in [6.45, 7) is 1.73. The van der Waals surface area contributed by atoms with Gasteiger partial charge in [-0.15, -0.1) is 11.3 Å². The van der Waals surface area contributed by atoms with E-state index in [1.54, 1.807) is 24.2 Å². The fourth-order valence-electron chi connectivity index (χ4n) is 1.24. The first-order valence-electron chi connectivity index (χ1n) is 4.99. The van der Waals surface area contributed by atoms with Crippen LogP contribution in [-0.2, 0) is 4.79 Å². The fourth-order valence-corrected chi connectivity index (χ4v) is 2.41. The van der Waals surface area contributed by atoms with Crippen molar-refractivity contribution in [3.63, 3.8) is 0 Å². The van der Waals surface area contributed by atoms with Gasteiger partial charge in [-0.25, -0.2) is 9.78 Å². The molecule has 0 unspecified atom stereocenters. The minimum atomic E-state index is -1.01. The summed E-state index contributed by atoms with van der Waals surface area (Å²) in [5, 5.41) is 11.5. The van der Waals surface area contributed by atoms with Crippen LogP contribution < -0.4 is 5.32 Å². The Morgan fingerprint density at radius 1 is 1.65 bits per heavy atom. The molecule has 0 aliphatic rings.